The SMILES string of the molecule is COC(CN)CC(=O)Nc1cccc(SC(F)F)c1.Cl. The molecule has 0 heterocycles. The third-order valence-electron chi connectivity index (χ3n) is 2.35. The van der Waals surface area contributed by atoms with E-state index in [1.807, 2.05) is 0 Å². The van der Waals surface area contributed by atoms with Gasteiger partial charge < -0.3 is 15.8 Å². The minimum Gasteiger partial charge on any atom is -0.380 e. The number of carbonyl (C=O) groups excluding carboxylic acids is 1. The van der Waals surface area contributed by atoms with E-state index >= 15 is 0 Å². The molecule has 0 spiro atoms. The summed E-state index contributed by atoms with van der Waals surface area (Å²) in [5, 5.41) is 2.62. The topological polar surface area (TPSA) is 64.3 Å². The summed E-state index contributed by atoms with van der Waals surface area (Å²) in [7, 11) is 1.48. The average molecular weight is 327 g/mol. The molecule has 1 amide bonds. The molecule has 1 aromatic rings. The van der Waals surface area contributed by atoms with Crippen LogP contribution in [0.25, 0.3) is 0 Å². The molecule has 0 radical (unpaired) electrons. The lowest BCUT2D eigenvalue weighted by Gasteiger charge is -2.13. The first-order valence-corrected chi connectivity index (χ1v) is 6.50. The second-order valence-electron chi connectivity index (χ2n) is 3.75. The van der Waals surface area contributed by atoms with Crippen molar-refractivity contribution in [2.24, 2.45) is 5.73 Å². The van der Waals surface area contributed by atoms with Crippen molar-refractivity contribution in [1.29, 1.82) is 0 Å². The number of anilines is 1. The van der Waals surface area contributed by atoms with Crippen LogP contribution in [0.15, 0.2) is 29.2 Å². The molecule has 3 N–H and O–H groups in total. The lowest BCUT2D eigenvalue weighted by atomic mass is 10.2. The van der Waals surface area contributed by atoms with Gasteiger partial charge in [-0.1, -0.05) is 17.8 Å². The number of nitrogens with two attached hydrogens (primary N) is 1. The van der Waals surface area contributed by atoms with Crippen molar-refractivity contribution in [3.05, 3.63) is 24.3 Å². The van der Waals surface area contributed by atoms with Gasteiger partial charge in [-0.2, -0.15) is 8.78 Å². The van der Waals surface area contributed by atoms with E-state index in [4.69, 9.17) is 10.5 Å². The predicted octanol–water partition coefficient (Wildman–Crippen LogP) is 2.73. The molecule has 0 aliphatic heterocycles. The van der Waals surface area contributed by atoms with Crippen LogP contribution >= 0.6 is 24.2 Å². The summed E-state index contributed by atoms with van der Waals surface area (Å²) >= 11 is 0.433. The fourth-order valence-corrected chi connectivity index (χ4v) is 1.99. The van der Waals surface area contributed by atoms with Crippen molar-refractivity contribution >= 4 is 35.8 Å². The monoisotopic (exact) mass is 326 g/mol. The van der Waals surface area contributed by atoms with E-state index in [1.54, 1.807) is 18.2 Å². The van der Waals surface area contributed by atoms with Gasteiger partial charge in [0.2, 0.25) is 5.91 Å². The highest BCUT2D eigenvalue weighted by Crippen LogP contribution is 2.27. The van der Waals surface area contributed by atoms with Gasteiger partial charge >= 0.3 is 0 Å². The van der Waals surface area contributed by atoms with Gasteiger partial charge in [0.15, 0.2) is 0 Å². The normalized spacial score (nSPS) is 11.8. The standard InChI is InChI=1S/C12H16F2N2O2S.ClH/c1-18-9(7-15)6-11(17)16-8-3-2-4-10(5-8)19-12(13)14;/h2-5,9,12H,6-7,15H2,1H3,(H,16,17);1H. The van der Waals surface area contributed by atoms with Crippen LogP contribution in [0.4, 0.5) is 14.5 Å². The lowest BCUT2D eigenvalue weighted by Crippen LogP contribution is -2.28. The second-order valence-corrected chi connectivity index (χ2v) is 4.82. The maximum atomic E-state index is 12.2. The number of nitrogens with one attached hydrogen (secondary N) is 1. The van der Waals surface area contributed by atoms with Gasteiger partial charge in [0.1, 0.15) is 0 Å². The Kier molecular flexibility index (Phi) is 9.49. The van der Waals surface area contributed by atoms with Gasteiger partial charge in [0.05, 0.1) is 12.5 Å². The molecule has 1 atom stereocenters. The van der Waals surface area contributed by atoms with E-state index in [-0.39, 0.29) is 37.4 Å². The summed E-state index contributed by atoms with van der Waals surface area (Å²) in [4.78, 5) is 12.1. The van der Waals surface area contributed by atoms with E-state index in [0.29, 0.717) is 22.3 Å². The van der Waals surface area contributed by atoms with Crippen LogP contribution < -0.4 is 11.1 Å². The van der Waals surface area contributed by atoms with Crippen molar-refractivity contribution in [1.82, 2.24) is 0 Å². The fraction of sp³-hybridized carbons (Fsp3) is 0.417. The van der Waals surface area contributed by atoms with Crippen LogP contribution in [0.3, 0.4) is 0 Å². The maximum absolute atomic E-state index is 12.2. The second kappa shape index (κ2) is 9.93. The molecule has 1 unspecified atom stereocenters. The Balaban J connectivity index is 0.00000361. The Labute approximate surface area is 126 Å². The average Bonchev–Trinajstić information content (AvgIpc) is 2.35. The third-order valence-corrected chi connectivity index (χ3v) is 3.06. The van der Waals surface area contributed by atoms with Crippen molar-refractivity contribution in [2.45, 2.75) is 23.2 Å². The minimum atomic E-state index is -2.49. The molecule has 0 aliphatic rings. The van der Waals surface area contributed by atoms with Gasteiger partial charge in [0.25, 0.3) is 5.76 Å². The molecule has 114 valence electrons. The highest BCUT2D eigenvalue weighted by atomic mass is 35.5. The number of rotatable bonds is 7. The molecule has 0 aliphatic carbocycles. The summed E-state index contributed by atoms with van der Waals surface area (Å²) in [6.45, 7) is 0.241. The van der Waals surface area contributed by atoms with Crippen molar-refractivity contribution in [2.75, 3.05) is 19.0 Å². The number of hydrogen-bond acceptors (Lipinski definition) is 4. The highest BCUT2D eigenvalue weighted by Gasteiger charge is 2.12. The smallest absolute Gasteiger partial charge is 0.288 e. The molecule has 0 saturated carbocycles. The Morgan fingerprint density at radius 1 is 1.50 bits per heavy atom. The first-order chi connectivity index (χ1) is 9.05. The molecule has 0 aromatic heterocycles. The van der Waals surface area contributed by atoms with Crippen LogP contribution in [0, 0.1) is 0 Å². The molecule has 4 nitrogen and oxygen atoms in total. The number of carbonyl (C=O) groups is 1. The number of benzene rings is 1. The van der Waals surface area contributed by atoms with Gasteiger partial charge in [-0.25, -0.2) is 0 Å². The van der Waals surface area contributed by atoms with E-state index < -0.39 is 5.76 Å². The van der Waals surface area contributed by atoms with Crippen molar-refractivity contribution in [3.63, 3.8) is 0 Å². The summed E-state index contributed by atoms with van der Waals surface area (Å²) in [5.74, 6) is -2.75. The molecule has 1 aromatic carbocycles. The van der Waals surface area contributed by atoms with Crippen LogP contribution in [-0.4, -0.2) is 31.4 Å². The van der Waals surface area contributed by atoms with Gasteiger partial charge in [-0.15, -0.1) is 12.4 Å². The Morgan fingerprint density at radius 3 is 2.75 bits per heavy atom. The largest absolute Gasteiger partial charge is 0.380 e. The summed E-state index contributed by atoms with van der Waals surface area (Å²) in [6, 6.07) is 6.30. The first kappa shape index (κ1) is 19.1. The zero-order valence-corrected chi connectivity index (χ0v) is 12.5. The molecule has 0 fully saturated rings. The molecule has 20 heavy (non-hydrogen) atoms. The number of ether oxygens (including phenoxy) is 1. The Morgan fingerprint density at radius 2 is 2.20 bits per heavy atom. The number of hydrogen-bond donors (Lipinski definition) is 2. The molecule has 0 bridgehead atoms. The van der Waals surface area contributed by atoms with Gasteiger partial charge in [0, 0.05) is 24.2 Å². The van der Waals surface area contributed by atoms with Gasteiger partial charge in [-0.3, -0.25) is 4.79 Å². The number of alkyl halides is 2. The minimum absolute atomic E-state index is 0. The Bertz CT molecular complexity index is 420. The van der Waals surface area contributed by atoms with Gasteiger partial charge in [-0.05, 0) is 18.2 Å². The predicted molar refractivity (Wildman–Crippen MR) is 78.6 cm³/mol. The maximum Gasteiger partial charge on any atom is 0.288 e. The number of methoxy groups -OCH3 is 1. The highest BCUT2D eigenvalue weighted by molar-refractivity contribution is 7.99. The van der Waals surface area contributed by atoms with Crippen LogP contribution in [0.5, 0.6) is 0 Å². The summed E-state index contributed by atoms with van der Waals surface area (Å²) in [6.07, 6.45) is -0.224. The van der Waals surface area contributed by atoms with Crippen LogP contribution in [0.2, 0.25) is 0 Å². The Hall–Kier alpha value is -0.890. The zero-order valence-electron chi connectivity index (χ0n) is 10.8. The fourth-order valence-electron chi connectivity index (χ4n) is 1.43. The molecule has 0 saturated heterocycles. The molecular formula is C12H17ClF2N2O2S. The van der Waals surface area contributed by atoms with E-state index in [2.05, 4.69) is 5.32 Å². The lowest BCUT2D eigenvalue weighted by molar-refractivity contribution is -0.118. The number of thioether (sulfide) groups is 1. The quantitative estimate of drug-likeness (QED) is 0.756. The van der Waals surface area contributed by atoms with Crippen molar-refractivity contribution in [3.8, 4) is 0 Å². The zero-order chi connectivity index (χ0) is 14.3. The van der Waals surface area contributed by atoms with E-state index in [9.17, 15) is 13.6 Å². The van der Waals surface area contributed by atoms with Crippen LogP contribution in [-0.2, 0) is 9.53 Å². The third kappa shape index (κ3) is 7.04. The van der Waals surface area contributed by atoms with Crippen LogP contribution in [0.1, 0.15) is 6.42 Å². The number of amides is 1. The first-order valence-electron chi connectivity index (χ1n) is 5.62. The molecule has 8 heteroatoms. The summed E-state index contributed by atoms with van der Waals surface area (Å²) < 4.78 is 29.4. The summed E-state index contributed by atoms with van der Waals surface area (Å²) in [5.41, 5.74) is 5.89. The van der Waals surface area contributed by atoms with E-state index in [0.717, 1.165) is 0 Å². The van der Waals surface area contributed by atoms with E-state index in [1.165, 1.54) is 13.2 Å². The van der Waals surface area contributed by atoms with Crippen molar-refractivity contribution < 1.29 is 18.3 Å². The molecule has 1 rings (SSSR count). The molecular weight excluding hydrogens is 310 g/mol. The number of halogens is 3.